The molecule has 4 heteroatoms. The Bertz CT molecular complexity index is 539. The van der Waals surface area contributed by atoms with E-state index >= 15 is 0 Å². The third-order valence-corrected chi connectivity index (χ3v) is 3.75. The second-order valence-electron chi connectivity index (χ2n) is 4.68. The van der Waals surface area contributed by atoms with E-state index in [0.717, 1.165) is 29.6 Å². The van der Waals surface area contributed by atoms with Crippen LogP contribution in [-0.4, -0.2) is 13.4 Å². The minimum absolute atomic E-state index is 0.249. The molecule has 0 aliphatic carbocycles. The average Bonchev–Trinajstić information content (AvgIpc) is 2.93. The molecule has 20 heavy (non-hydrogen) atoms. The summed E-state index contributed by atoms with van der Waals surface area (Å²) in [5, 5.41) is 3.47. The summed E-state index contributed by atoms with van der Waals surface area (Å²) < 4.78 is 11.0. The van der Waals surface area contributed by atoms with Crippen molar-refractivity contribution in [3.8, 4) is 5.75 Å². The number of benzene rings is 1. The SMILES string of the molecule is COc1cccc([C@H](C)NCc2ccc(CSC)o2)c1. The van der Waals surface area contributed by atoms with E-state index in [1.165, 1.54) is 5.56 Å². The molecule has 108 valence electrons. The summed E-state index contributed by atoms with van der Waals surface area (Å²) in [6.45, 7) is 2.87. The quantitative estimate of drug-likeness (QED) is 0.836. The molecule has 1 N–H and O–H groups in total. The molecular weight excluding hydrogens is 270 g/mol. The van der Waals surface area contributed by atoms with E-state index in [1.54, 1.807) is 18.9 Å². The lowest BCUT2D eigenvalue weighted by Crippen LogP contribution is -2.17. The van der Waals surface area contributed by atoms with Gasteiger partial charge < -0.3 is 14.5 Å². The molecule has 0 spiro atoms. The van der Waals surface area contributed by atoms with E-state index in [-0.39, 0.29) is 6.04 Å². The maximum Gasteiger partial charge on any atom is 0.119 e. The molecule has 0 fully saturated rings. The molecule has 0 aliphatic heterocycles. The van der Waals surface area contributed by atoms with Gasteiger partial charge in [-0.25, -0.2) is 0 Å². The van der Waals surface area contributed by atoms with Crippen LogP contribution in [0.1, 0.15) is 30.0 Å². The predicted molar refractivity (Wildman–Crippen MR) is 84.2 cm³/mol. The zero-order chi connectivity index (χ0) is 14.4. The van der Waals surface area contributed by atoms with Crippen molar-refractivity contribution in [1.82, 2.24) is 5.32 Å². The maximum atomic E-state index is 5.75. The summed E-state index contributed by atoms with van der Waals surface area (Å²) in [5.41, 5.74) is 1.21. The zero-order valence-corrected chi connectivity index (χ0v) is 13.0. The first-order valence-electron chi connectivity index (χ1n) is 6.66. The molecule has 1 heterocycles. The van der Waals surface area contributed by atoms with Gasteiger partial charge >= 0.3 is 0 Å². The molecule has 0 unspecified atom stereocenters. The molecule has 0 aliphatic rings. The smallest absolute Gasteiger partial charge is 0.119 e. The van der Waals surface area contributed by atoms with Crippen LogP contribution in [0.4, 0.5) is 0 Å². The van der Waals surface area contributed by atoms with Gasteiger partial charge in [0, 0.05) is 6.04 Å². The number of rotatable bonds is 7. The van der Waals surface area contributed by atoms with Gasteiger partial charge in [0.15, 0.2) is 0 Å². The summed E-state index contributed by atoms with van der Waals surface area (Å²) in [6.07, 6.45) is 2.07. The van der Waals surface area contributed by atoms with Gasteiger partial charge in [0.25, 0.3) is 0 Å². The Morgan fingerprint density at radius 2 is 2.05 bits per heavy atom. The van der Waals surface area contributed by atoms with Crippen molar-refractivity contribution in [2.75, 3.05) is 13.4 Å². The normalized spacial score (nSPS) is 12.3. The third kappa shape index (κ3) is 4.05. The first-order chi connectivity index (χ1) is 9.72. The minimum Gasteiger partial charge on any atom is -0.497 e. The molecule has 0 amide bonds. The first kappa shape index (κ1) is 15.0. The monoisotopic (exact) mass is 291 g/mol. The molecule has 0 saturated heterocycles. The highest BCUT2D eigenvalue weighted by Crippen LogP contribution is 2.20. The van der Waals surface area contributed by atoms with Crippen molar-refractivity contribution in [3.63, 3.8) is 0 Å². The van der Waals surface area contributed by atoms with Crippen LogP contribution in [0.2, 0.25) is 0 Å². The topological polar surface area (TPSA) is 34.4 Å². The standard InChI is InChI=1S/C16H21NO2S/c1-12(13-5-4-6-14(9-13)18-2)17-10-15-7-8-16(19-15)11-20-3/h4-9,12,17H,10-11H2,1-3H3/t12-/m0/s1. The average molecular weight is 291 g/mol. The molecule has 0 bridgehead atoms. The van der Waals surface area contributed by atoms with Crippen molar-refractivity contribution < 1.29 is 9.15 Å². The fraction of sp³-hybridized carbons (Fsp3) is 0.375. The number of hydrogen-bond donors (Lipinski definition) is 1. The molecule has 2 aromatic rings. The maximum absolute atomic E-state index is 5.75. The number of nitrogens with one attached hydrogen (secondary N) is 1. The van der Waals surface area contributed by atoms with Gasteiger partial charge in [-0.15, -0.1) is 0 Å². The Hall–Kier alpha value is -1.39. The Morgan fingerprint density at radius 1 is 1.25 bits per heavy atom. The lowest BCUT2D eigenvalue weighted by molar-refractivity contribution is 0.412. The van der Waals surface area contributed by atoms with Crippen LogP contribution >= 0.6 is 11.8 Å². The van der Waals surface area contributed by atoms with Crippen LogP contribution in [0.3, 0.4) is 0 Å². The Labute approximate surface area is 124 Å². The molecule has 1 atom stereocenters. The van der Waals surface area contributed by atoms with Gasteiger partial charge in [-0.2, -0.15) is 11.8 Å². The lowest BCUT2D eigenvalue weighted by atomic mass is 10.1. The second kappa shape index (κ2) is 7.41. The minimum atomic E-state index is 0.249. The third-order valence-electron chi connectivity index (χ3n) is 3.18. The fourth-order valence-corrected chi connectivity index (χ4v) is 2.46. The van der Waals surface area contributed by atoms with Crippen molar-refractivity contribution in [1.29, 1.82) is 0 Å². The van der Waals surface area contributed by atoms with E-state index in [4.69, 9.17) is 9.15 Å². The van der Waals surface area contributed by atoms with Gasteiger partial charge in [0.2, 0.25) is 0 Å². The highest BCUT2D eigenvalue weighted by molar-refractivity contribution is 7.97. The van der Waals surface area contributed by atoms with E-state index in [2.05, 4.69) is 30.6 Å². The first-order valence-corrected chi connectivity index (χ1v) is 8.06. The predicted octanol–water partition coefficient (Wildman–Crippen LogP) is 4.00. The summed E-state index contributed by atoms with van der Waals surface area (Å²) in [5.74, 6) is 3.81. The van der Waals surface area contributed by atoms with E-state index in [9.17, 15) is 0 Å². The van der Waals surface area contributed by atoms with Crippen LogP contribution in [0, 0.1) is 0 Å². The van der Waals surface area contributed by atoms with Crippen molar-refractivity contribution in [2.45, 2.75) is 25.3 Å². The summed E-state index contributed by atoms with van der Waals surface area (Å²) in [7, 11) is 1.69. The number of furan rings is 1. The van der Waals surface area contributed by atoms with Gasteiger partial charge in [-0.05, 0) is 43.0 Å². The van der Waals surface area contributed by atoms with Crippen molar-refractivity contribution in [3.05, 3.63) is 53.5 Å². The van der Waals surface area contributed by atoms with Crippen LogP contribution in [0.25, 0.3) is 0 Å². The highest BCUT2D eigenvalue weighted by atomic mass is 32.2. The summed E-state index contributed by atoms with van der Waals surface area (Å²) >= 11 is 1.77. The molecule has 0 saturated carbocycles. The molecule has 1 aromatic heterocycles. The Kier molecular flexibility index (Phi) is 5.56. The van der Waals surface area contributed by atoms with Crippen LogP contribution in [0.15, 0.2) is 40.8 Å². The molecule has 3 nitrogen and oxygen atoms in total. The summed E-state index contributed by atoms with van der Waals surface area (Å²) in [4.78, 5) is 0. The largest absolute Gasteiger partial charge is 0.497 e. The van der Waals surface area contributed by atoms with E-state index in [0.29, 0.717) is 0 Å². The lowest BCUT2D eigenvalue weighted by Gasteiger charge is -2.14. The van der Waals surface area contributed by atoms with Crippen molar-refractivity contribution in [2.24, 2.45) is 0 Å². The van der Waals surface area contributed by atoms with Gasteiger partial charge in [-0.1, -0.05) is 12.1 Å². The zero-order valence-electron chi connectivity index (χ0n) is 12.2. The van der Waals surface area contributed by atoms with E-state index in [1.807, 2.05) is 24.3 Å². The molecule has 1 aromatic carbocycles. The summed E-state index contributed by atoms with van der Waals surface area (Å²) in [6, 6.07) is 12.5. The van der Waals surface area contributed by atoms with Gasteiger partial charge in [-0.3, -0.25) is 0 Å². The van der Waals surface area contributed by atoms with Crippen LogP contribution in [-0.2, 0) is 12.3 Å². The van der Waals surface area contributed by atoms with Gasteiger partial charge in [0.1, 0.15) is 17.3 Å². The second-order valence-corrected chi connectivity index (χ2v) is 5.55. The van der Waals surface area contributed by atoms with Crippen molar-refractivity contribution >= 4 is 11.8 Å². The van der Waals surface area contributed by atoms with Crippen LogP contribution in [0.5, 0.6) is 5.75 Å². The number of thioether (sulfide) groups is 1. The van der Waals surface area contributed by atoms with Crippen LogP contribution < -0.4 is 10.1 Å². The molecule has 2 rings (SSSR count). The molecular formula is C16H21NO2S. The number of ether oxygens (including phenoxy) is 1. The highest BCUT2D eigenvalue weighted by Gasteiger charge is 2.08. The number of methoxy groups -OCH3 is 1. The van der Waals surface area contributed by atoms with Gasteiger partial charge in [0.05, 0.1) is 19.4 Å². The van der Waals surface area contributed by atoms with E-state index < -0.39 is 0 Å². The fourth-order valence-electron chi connectivity index (χ4n) is 2.02. The Morgan fingerprint density at radius 3 is 2.80 bits per heavy atom. The number of hydrogen-bond acceptors (Lipinski definition) is 4. The molecule has 0 radical (unpaired) electrons. The Balaban J connectivity index is 1.91.